The van der Waals surface area contributed by atoms with Crippen molar-refractivity contribution >= 4 is 17.6 Å². The summed E-state index contributed by atoms with van der Waals surface area (Å²) >= 11 is 1.38. The quantitative estimate of drug-likeness (QED) is 0.324. The zero-order chi connectivity index (χ0) is 25.1. The van der Waals surface area contributed by atoms with Crippen LogP contribution in [0.2, 0.25) is 0 Å². The first-order chi connectivity index (χ1) is 15.9. The molecule has 2 fully saturated rings. The van der Waals surface area contributed by atoms with Crippen LogP contribution in [-0.4, -0.2) is 48.6 Å². The molecule has 2 heterocycles. The fourth-order valence-corrected chi connectivity index (χ4v) is 4.74. The Bertz CT molecular complexity index is 997. The molecule has 0 aliphatic carbocycles. The molecule has 0 aromatic heterocycles. The maximum absolute atomic E-state index is 14.0. The van der Waals surface area contributed by atoms with Crippen molar-refractivity contribution in [2.24, 2.45) is 17.2 Å². The van der Waals surface area contributed by atoms with Crippen LogP contribution < -0.4 is 22.1 Å². The van der Waals surface area contributed by atoms with Gasteiger partial charge in [0.25, 0.3) is 0 Å². The molecule has 34 heavy (non-hydrogen) atoms. The molecule has 0 saturated carbocycles. The number of nitrogens with two attached hydrogens (primary N) is 3. The molecule has 2 aliphatic heterocycles. The molecule has 0 amide bonds. The minimum absolute atomic E-state index is 0.00628. The minimum Gasteiger partial charge on any atom is -0.393 e. The Morgan fingerprint density at radius 2 is 1.82 bits per heavy atom. The summed E-state index contributed by atoms with van der Waals surface area (Å²) in [5.74, 6) is 4.96. The highest BCUT2D eigenvalue weighted by Gasteiger charge is 2.63. The Hall–Kier alpha value is -2.52. The van der Waals surface area contributed by atoms with E-state index in [2.05, 4.69) is 21.0 Å². The van der Waals surface area contributed by atoms with Gasteiger partial charge in [-0.15, -0.1) is 5.92 Å². The number of ether oxygens (including phenoxy) is 2. The summed E-state index contributed by atoms with van der Waals surface area (Å²) in [5, 5.41) is 0.536. The lowest BCUT2D eigenvalue weighted by atomic mass is 9.93. The Morgan fingerprint density at radius 1 is 1.15 bits per heavy atom. The third-order valence-electron chi connectivity index (χ3n) is 5.49. The van der Waals surface area contributed by atoms with Crippen LogP contribution in [0.4, 0.5) is 18.9 Å². The van der Waals surface area contributed by atoms with Crippen molar-refractivity contribution in [1.82, 2.24) is 4.31 Å². The van der Waals surface area contributed by atoms with E-state index < -0.39 is 24.2 Å². The molecule has 0 radical (unpaired) electrons. The van der Waals surface area contributed by atoms with Gasteiger partial charge in [-0.3, -0.25) is 0 Å². The van der Waals surface area contributed by atoms with Crippen molar-refractivity contribution in [3.05, 3.63) is 52.8 Å². The molecule has 0 spiro atoms. The second kappa shape index (κ2) is 10.00. The number of hydrogen-bond acceptors (Lipinski definition) is 8. The van der Waals surface area contributed by atoms with Crippen molar-refractivity contribution in [2.45, 2.75) is 44.4 Å². The number of hydrogen-bond donors (Lipinski definition) is 3. The van der Waals surface area contributed by atoms with Gasteiger partial charge in [0, 0.05) is 25.3 Å². The van der Waals surface area contributed by atoms with Crippen LogP contribution >= 0.6 is 11.9 Å². The van der Waals surface area contributed by atoms with Crippen molar-refractivity contribution < 1.29 is 22.6 Å². The second-order valence-corrected chi connectivity index (χ2v) is 9.65. The molecule has 6 N–H and O–H groups in total. The Balaban J connectivity index is 1.79. The van der Waals surface area contributed by atoms with Gasteiger partial charge < -0.3 is 31.6 Å². The molecule has 1 aromatic rings. The number of anilines is 1. The number of piperazine rings is 1. The molecule has 2 aliphatic rings. The molecule has 2 atom stereocenters. The molecule has 186 valence electrons. The van der Waals surface area contributed by atoms with Gasteiger partial charge in [0.1, 0.15) is 6.04 Å². The molecule has 2 unspecified atom stereocenters. The zero-order valence-corrected chi connectivity index (χ0v) is 20.2. The van der Waals surface area contributed by atoms with E-state index in [9.17, 15) is 13.2 Å². The van der Waals surface area contributed by atoms with Gasteiger partial charge in [-0.1, -0.05) is 18.1 Å². The summed E-state index contributed by atoms with van der Waals surface area (Å²) in [4.78, 5) is 2.07. The monoisotopic (exact) mass is 497 g/mol. The third kappa shape index (κ3) is 5.75. The van der Waals surface area contributed by atoms with E-state index in [-0.39, 0.29) is 17.4 Å². The first-order valence-corrected chi connectivity index (χ1v) is 11.5. The van der Waals surface area contributed by atoms with Gasteiger partial charge in [-0.05, 0) is 62.6 Å². The molecule has 2 saturated heterocycles. The van der Waals surface area contributed by atoms with E-state index in [0.29, 0.717) is 24.7 Å². The maximum Gasteiger partial charge on any atom is 0.424 e. The molecular formula is C23H30F3N5O2S. The van der Waals surface area contributed by atoms with Crippen LogP contribution in [0.3, 0.4) is 0 Å². The topological polar surface area (TPSA) is 103 Å². The lowest BCUT2D eigenvalue weighted by Gasteiger charge is -2.40. The van der Waals surface area contributed by atoms with Crippen LogP contribution in [0.25, 0.3) is 0 Å². The van der Waals surface area contributed by atoms with Crippen LogP contribution in [0.15, 0.2) is 47.3 Å². The first-order valence-electron chi connectivity index (χ1n) is 10.7. The number of nitrogens with zero attached hydrogens (tertiary/aromatic N) is 2. The van der Waals surface area contributed by atoms with E-state index in [0.717, 1.165) is 5.69 Å². The molecular weight excluding hydrogens is 467 g/mol. The van der Waals surface area contributed by atoms with E-state index in [1.165, 1.54) is 44.0 Å². The van der Waals surface area contributed by atoms with Crippen LogP contribution in [-0.2, 0) is 15.1 Å². The summed E-state index contributed by atoms with van der Waals surface area (Å²) in [6.07, 6.45) is -1.46. The normalized spacial score (nSPS) is 25.5. The van der Waals surface area contributed by atoms with Gasteiger partial charge in [0.15, 0.2) is 5.79 Å². The van der Waals surface area contributed by atoms with Gasteiger partial charge in [0.2, 0.25) is 5.60 Å². The first kappa shape index (κ1) is 26.1. The fraction of sp³-hybridized carbons (Fsp3) is 0.478. The summed E-state index contributed by atoms with van der Waals surface area (Å²) < 4.78 is 54.9. The van der Waals surface area contributed by atoms with Gasteiger partial charge >= 0.3 is 6.18 Å². The number of halogens is 3. The highest BCUT2D eigenvalue weighted by molar-refractivity contribution is 8.00. The van der Waals surface area contributed by atoms with Crippen molar-refractivity contribution in [1.29, 1.82) is 0 Å². The average molecular weight is 498 g/mol. The van der Waals surface area contributed by atoms with Gasteiger partial charge in [-0.25, -0.2) is 4.31 Å². The SMILES string of the molecule is CC#CC1CN(S/C(N)=C/C=C(N)N)CCN1c1ccc(C2(C(F)(F)F)COC(C)(C)O2)cc1. The highest BCUT2D eigenvalue weighted by Crippen LogP contribution is 2.49. The Kier molecular flexibility index (Phi) is 7.67. The van der Waals surface area contributed by atoms with E-state index in [4.69, 9.17) is 26.7 Å². The van der Waals surface area contributed by atoms with E-state index in [1.54, 1.807) is 25.1 Å². The predicted molar refractivity (Wildman–Crippen MR) is 128 cm³/mol. The predicted octanol–water partition coefficient (Wildman–Crippen LogP) is 2.95. The summed E-state index contributed by atoms with van der Waals surface area (Å²) in [6, 6.07) is 6.09. The number of allylic oxidation sites excluding steroid dienone is 2. The zero-order valence-electron chi connectivity index (χ0n) is 19.4. The van der Waals surface area contributed by atoms with Crippen LogP contribution in [0.1, 0.15) is 26.3 Å². The smallest absolute Gasteiger partial charge is 0.393 e. The highest BCUT2D eigenvalue weighted by atomic mass is 32.2. The number of rotatable bonds is 5. The van der Waals surface area contributed by atoms with Crippen LogP contribution in [0, 0.1) is 11.8 Å². The molecule has 3 rings (SSSR count). The van der Waals surface area contributed by atoms with Gasteiger partial charge in [-0.2, -0.15) is 13.2 Å². The van der Waals surface area contributed by atoms with Crippen molar-refractivity contribution in [3.8, 4) is 11.8 Å². The van der Waals surface area contributed by atoms with Gasteiger partial charge in [0.05, 0.1) is 17.5 Å². The second-order valence-electron chi connectivity index (χ2n) is 8.48. The largest absolute Gasteiger partial charge is 0.424 e. The molecule has 7 nitrogen and oxygen atoms in total. The Morgan fingerprint density at radius 3 is 2.35 bits per heavy atom. The van der Waals surface area contributed by atoms with Crippen molar-refractivity contribution in [3.63, 3.8) is 0 Å². The molecule has 1 aromatic carbocycles. The van der Waals surface area contributed by atoms with Crippen LogP contribution in [0.5, 0.6) is 0 Å². The minimum atomic E-state index is -4.63. The maximum atomic E-state index is 14.0. The van der Waals surface area contributed by atoms with Crippen molar-refractivity contribution in [2.75, 3.05) is 31.1 Å². The standard InChI is InChI=1S/C23H30F3N5O2S/c1-4-5-18-14-30(34-20(29)11-10-19(27)28)12-13-31(18)17-8-6-16(7-9-17)22(23(24,25)26)15-32-21(2,3)33-22/h6-11,18H,12-15,27-29H2,1-3H3/b20-11+. The Labute approximate surface area is 202 Å². The summed E-state index contributed by atoms with van der Waals surface area (Å²) in [6.45, 7) is 5.98. The lowest BCUT2D eigenvalue weighted by Crippen LogP contribution is -2.50. The summed E-state index contributed by atoms with van der Waals surface area (Å²) in [5.41, 5.74) is 15.2. The summed E-state index contributed by atoms with van der Waals surface area (Å²) in [7, 11) is 0. The lowest BCUT2D eigenvalue weighted by molar-refractivity contribution is -0.289. The van der Waals surface area contributed by atoms with E-state index >= 15 is 0 Å². The average Bonchev–Trinajstić information content (AvgIpc) is 3.10. The molecule has 0 bridgehead atoms. The third-order valence-corrected chi connectivity index (χ3v) is 6.43. The number of benzene rings is 1. The number of alkyl halides is 3. The fourth-order valence-electron chi connectivity index (χ4n) is 3.92. The van der Waals surface area contributed by atoms with E-state index in [1.807, 2.05) is 0 Å². The molecule has 11 heteroatoms.